The van der Waals surface area contributed by atoms with Gasteiger partial charge in [-0.05, 0) is 26.7 Å². The number of esters is 1. The van der Waals surface area contributed by atoms with Crippen molar-refractivity contribution in [3.8, 4) is 0 Å². The Morgan fingerprint density at radius 1 is 1.32 bits per heavy atom. The first-order chi connectivity index (χ1) is 8.56. The van der Waals surface area contributed by atoms with E-state index in [4.69, 9.17) is 4.74 Å². The van der Waals surface area contributed by atoms with Gasteiger partial charge >= 0.3 is 5.97 Å². The monoisotopic (exact) mass is 272 g/mol. The number of carbonyl (C=O) groups is 1. The molecule has 0 aliphatic carbocycles. The average Bonchev–Trinajstić information content (AvgIpc) is 2.27. The summed E-state index contributed by atoms with van der Waals surface area (Å²) >= 11 is 0. The van der Waals surface area contributed by atoms with Gasteiger partial charge in [0.1, 0.15) is 12.6 Å². The zero-order valence-corrected chi connectivity index (χ0v) is 13.8. The van der Waals surface area contributed by atoms with Crippen LogP contribution < -0.4 is 0 Å². The van der Waals surface area contributed by atoms with Gasteiger partial charge in [-0.15, -0.1) is 0 Å². The van der Waals surface area contributed by atoms with Crippen LogP contribution in [-0.4, -0.2) is 74.9 Å². The van der Waals surface area contributed by atoms with Gasteiger partial charge in [0.05, 0.1) is 41.3 Å². The molecule has 0 saturated carbocycles. The topological polar surface area (TPSA) is 26.3 Å². The molecule has 0 aromatic rings. The zero-order valence-electron chi connectivity index (χ0n) is 13.8. The van der Waals surface area contributed by atoms with Crippen molar-refractivity contribution in [3.05, 3.63) is 0 Å². The summed E-state index contributed by atoms with van der Waals surface area (Å²) in [6.07, 6.45) is 3.29. The molecule has 0 N–H and O–H groups in total. The van der Waals surface area contributed by atoms with Crippen molar-refractivity contribution < 1.29 is 18.5 Å². The molecule has 1 aliphatic rings. The molecule has 0 aromatic heterocycles. The van der Waals surface area contributed by atoms with Crippen molar-refractivity contribution in [2.45, 2.75) is 51.2 Å². The van der Waals surface area contributed by atoms with E-state index in [2.05, 4.69) is 49.1 Å². The lowest BCUT2D eigenvalue weighted by Gasteiger charge is -2.45. The maximum Gasteiger partial charge on any atom is 0.365 e. The van der Waals surface area contributed by atoms with Crippen LogP contribution in [0, 0.1) is 0 Å². The van der Waals surface area contributed by atoms with Crippen molar-refractivity contribution in [2.24, 2.45) is 0 Å². The molecule has 1 heterocycles. The minimum absolute atomic E-state index is 0.00317. The largest absolute Gasteiger partial charge is 0.455 e. The number of likely N-dealkylation sites (tertiary alicyclic amines) is 1. The lowest BCUT2D eigenvalue weighted by molar-refractivity contribution is -0.934. The molecule has 19 heavy (non-hydrogen) atoms. The standard InChI is InChI=1S/C15H32N2O2/c1-12-9-8-10-14(17(12,6)7)15(18)19-11-13(2)16(3,4)5/h12-14H,8-11H2,1-7H3/q+2. The molecule has 3 atom stereocenters. The Bertz CT molecular complexity index is 321. The summed E-state index contributed by atoms with van der Waals surface area (Å²) in [7, 11) is 10.7. The molecule has 4 nitrogen and oxygen atoms in total. The smallest absolute Gasteiger partial charge is 0.365 e. The maximum absolute atomic E-state index is 12.3. The van der Waals surface area contributed by atoms with Crippen LogP contribution in [0.3, 0.4) is 0 Å². The first-order valence-corrected chi connectivity index (χ1v) is 7.38. The van der Waals surface area contributed by atoms with Gasteiger partial charge in [-0.25, -0.2) is 4.79 Å². The molecule has 3 unspecified atom stereocenters. The van der Waals surface area contributed by atoms with E-state index in [1.807, 2.05) is 0 Å². The van der Waals surface area contributed by atoms with E-state index >= 15 is 0 Å². The van der Waals surface area contributed by atoms with Crippen LogP contribution >= 0.6 is 0 Å². The molecule has 0 amide bonds. The van der Waals surface area contributed by atoms with Crippen molar-refractivity contribution in [1.82, 2.24) is 0 Å². The predicted molar refractivity (Wildman–Crippen MR) is 77.7 cm³/mol. The van der Waals surface area contributed by atoms with Gasteiger partial charge in [-0.1, -0.05) is 0 Å². The maximum atomic E-state index is 12.3. The summed E-state index contributed by atoms with van der Waals surface area (Å²) in [6.45, 7) is 4.86. The minimum atomic E-state index is -0.0168. The van der Waals surface area contributed by atoms with Crippen LogP contribution in [-0.2, 0) is 9.53 Å². The highest BCUT2D eigenvalue weighted by Gasteiger charge is 2.43. The van der Waals surface area contributed by atoms with E-state index in [9.17, 15) is 4.79 Å². The van der Waals surface area contributed by atoms with Crippen LogP contribution in [0.25, 0.3) is 0 Å². The first-order valence-electron chi connectivity index (χ1n) is 7.38. The fourth-order valence-corrected chi connectivity index (χ4v) is 2.49. The third-order valence-corrected chi connectivity index (χ3v) is 5.10. The molecule has 0 bridgehead atoms. The average molecular weight is 272 g/mol. The minimum Gasteiger partial charge on any atom is -0.455 e. The molecule has 1 saturated heterocycles. The summed E-state index contributed by atoms with van der Waals surface area (Å²) in [5, 5.41) is 0. The molecule has 0 radical (unpaired) electrons. The fraction of sp³-hybridized carbons (Fsp3) is 0.933. The Kier molecular flexibility index (Phi) is 5.02. The number of ether oxygens (including phenoxy) is 1. The molecular weight excluding hydrogens is 240 g/mol. The number of nitrogens with zero attached hydrogens (tertiary/aromatic N) is 2. The van der Waals surface area contributed by atoms with E-state index < -0.39 is 0 Å². The van der Waals surface area contributed by atoms with Gasteiger partial charge in [0.15, 0.2) is 6.04 Å². The molecule has 112 valence electrons. The van der Waals surface area contributed by atoms with Crippen LogP contribution in [0.5, 0.6) is 0 Å². The molecular formula is C15H32N2O2+2. The van der Waals surface area contributed by atoms with Gasteiger partial charge in [0, 0.05) is 6.42 Å². The summed E-state index contributed by atoms with van der Waals surface area (Å²) in [6, 6.07) is 0.853. The molecule has 4 heteroatoms. The number of hydrogen-bond donors (Lipinski definition) is 0. The number of carbonyl (C=O) groups excluding carboxylic acids is 1. The van der Waals surface area contributed by atoms with Gasteiger partial charge in [-0.3, -0.25) is 0 Å². The van der Waals surface area contributed by atoms with Gasteiger partial charge < -0.3 is 13.7 Å². The Morgan fingerprint density at radius 2 is 1.89 bits per heavy atom. The SMILES string of the molecule is CC(COC(=O)C1CCCC(C)[N+]1(C)C)[N+](C)(C)C. The predicted octanol–water partition coefficient (Wildman–Crippen LogP) is 1.64. The van der Waals surface area contributed by atoms with Crippen LogP contribution in [0.2, 0.25) is 0 Å². The fourth-order valence-electron chi connectivity index (χ4n) is 2.49. The summed E-state index contributed by atoms with van der Waals surface area (Å²) < 4.78 is 7.16. The molecule has 0 aromatic carbocycles. The van der Waals surface area contributed by atoms with Gasteiger partial charge in [0.2, 0.25) is 0 Å². The second-order valence-electron chi connectivity index (χ2n) is 7.52. The Morgan fingerprint density at radius 3 is 2.42 bits per heavy atom. The highest BCUT2D eigenvalue weighted by Crippen LogP contribution is 2.28. The van der Waals surface area contributed by atoms with E-state index in [0.29, 0.717) is 18.7 Å². The molecule has 1 aliphatic heterocycles. The Hall–Kier alpha value is -0.610. The number of rotatable bonds is 4. The molecule has 1 fully saturated rings. The number of hydrogen-bond acceptors (Lipinski definition) is 2. The molecule has 0 spiro atoms. The third-order valence-electron chi connectivity index (χ3n) is 5.10. The lowest BCUT2D eigenvalue weighted by atomic mass is 9.94. The highest BCUT2D eigenvalue weighted by molar-refractivity contribution is 5.74. The lowest BCUT2D eigenvalue weighted by Crippen LogP contribution is -2.60. The summed E-state index contributed by atoms with van der Waals surface area (Å²) in [4.78, 5) is 12.3. The van der Waals surface area contributed by atoms with E-state index in [1.54, 1.807) is 0 Å². The highest BCUT2D eigenvalue weighted by atomic mass is 16.5. The van der Waals surface area contributed by atoms with E-state index in [1.165, 1.54) is 6.42 Å². The van der Waals surface area contributed by atoms with E-state index in [0.717, 1.165) is 21.8 Å². The number of likely N-dealkylation sites (N-methyl/N-ethyl adjacent to an activating group) is 2. The first kappa shape index (κ1) is 16.4. The molecule has 1 rings (SSSR count). The Balaban J connectivity index is 2.58. The van der Waals surface area contributed by atoms with Crippen molar-refractivity contribution in [1.29, 1.82) is 0 Å². The van der Waals surface area contributed by atoms with Crippen molar-refractivity contribution >= 4 is 5.97 Å². The second-order valence-corrected chi connectivity index (χ2v) is 7.52. The zero-order chi connectivity index (χ0) is 14.8. The number of quaternary nitrogens is 2. The Labute approximate surface area is 118 Å². The van der Waals surface area contributed by atoms with E-state index in [-0.39, 0.29) is 12.0 Å². The van der Waals surface area contributed by atoms with Gasteiger partial charge in [0.25, 0.3) is 0 Å². The quantitative estimate of drug-likeness (QED) is 0.574. The van der Waals surface area contributed by atoms with Crippen LogP contribution in [0.15, 0.2) is 0 Å². The normalized spacial score (nSPS) is 28.8. The van der Waals surface area contributed by atoms with Crippen LogP contribution in [0.4, 0.5) is 0 Å². The van der Waals surface area contributed by atoms with Crippen LogP contribution in [0.1, 0.15) is 33.1 Å². The van der Waals surface area contributed by atoms with Crippen molar-refractivity contribution in [2.75, 3.05) is 41.8 Å². The summed E-state index contributed by atoms with van der Waals surface area (Å²) in [5.41, 5.74) is 0. The van der Waals surface area contributed by atoms with Gasteiger partial charge in [-0.2, -0.15) is 0 Å². The second kappa shape index (κ2) is 5.80. The third kappa shape index (κ3) is 3.93. The van der Waals surface area contributed by atoms with Crippen molar-refractivity contribution in [3.63, 3.8) is 0 Å². The number of piperidine rings is 1. The summed E-state index contributed by atoms with van der Waals surface area (Å²) in [5.74, 6) is -0.0168.